The molecule has 2 rings (SSSR count). The molecule has 0 aliphatic carbocycles. The summed E-state index contributed by atoms with van der Waals surface area (Å²) in [4.78, 5) is 23.4. The maximum absolute atomic E-state index is 12.1. The van der Waals surface area contributed by atoms with Crippen LogP contribution in [0.15, 0.2) is 24.3 Å². The molecule has 19 heavy (non-hydrogen) atoms. The van der Waals surface area contributed by atoms with Crippen molar-refractivity contribution in [2.24, 2.45) is 5.73 Å². The van der Waals surface area contributed by atoms with Crippen molar-refractivity contribution in [1.29, 1.82) is 0 Å². The quantitative estimate of drug-likeness (QED) is 0.777. The molecule has 0 aromatic heterocycles. The van der Waals surface area contributed by atoms with E-state index < -0.39 is 11.5 Å². The van der Waals surface area contributed by atoms with E-state index in [2.05, 4.69) is 10.1 Å². The van der Waals surface area contributed by atoms with Crippen LogP contribution in [0, 0.1) is 0 Å². The van der Waals surface area contributed by atoms with Gasteiger partial charge in [0.05, 0.1) is 19.3 Å². The number of amides is 1. The lowest BCUT2D eigenvalue weighted by molar-refractivity contribution is -0.121. The molecule has 1 fully saturated rings. The molecular weight excluding hydrogens is 248 g/mol. The molecule has 1 amide bonds. The van der Waals surface area contributed by atoms with Gasteiger partial charge in [-0.15, -0.1) is 0 Å². The van der Waals surface area contributed by atoms with Gasteiger partial charge in [0.1, 0.15) is 5.54 Å². The highest BCUT2D eigenvalue weighted by molar-refractivity contribution is 5.99. The highest BCUT2D eigenvalue weighted by Crippen LogP contribution is 2.19. The lowest BCUT2D eigenvalue weighted by Crippen LogP contribution is -2.51. The number of carbonyl (C=O) groups excluding carboxylic acids is 2. The van der Waals surface area contributed by atoms with Gasteiger partial charge in [-0.3, -0.25) is 4.79 Å². The molecule has 0 radical (unpaired) electrons. The highest BCUT2D eigenvalue weighted by Gasteiger charge is 2.38. The summed E-state index contributed by atoms with van der Waals surface area (Å²) in [5.41, 5.74) is 5.82. The molecule has 0 bridgehead atoms. The normalized spacial score (nSPS) is 22.0. The average Bonchev–Trinajstić information content (AvgIpc) is 2.86. The maximum atomic E-state index is 12.1. The minimum atomic E-state index is -0.999. The van der Waals surface area contributed by atoms with Gasteiger partial charge >= 0.3 is 5.97 Å². The van der Waals surface area contributed by atoms with E-state index in [1.165, 1.54) is 7.11 Å². The summed E-state index contributed by atoms with van der Waals surface area (Å²) in [6.07, 6.45) is 0.482. The van der Waals surface area contributed by atoms with Gasteiger partial charge in [0.2, 0.25) is 5.91 Å². The molecule has 1 aromatic carbocycles. The lowest BCUT2D eigenvalue weighted by atomic mass is 9.99. The largest absolute Gasteiger partial charge is 0.465 e. The van der Waals surface area contributed by atoms with E-state index in [0.29, 0.717) is 24.3 Å². The second-order valence-corrected chi connectivity index (χ2v) is 4.49. The maximum Gasteiger partial charge on any atom is 0.337 e. The third-order valence-corrected chi connectivity index (χ3v) is 3.05. The fraction of sp³-hybridized carbons (Fsp3) is 0.385. The molecule has 6 nitrogen and oxygen atoms in total. The Kier molecular flexibility index (Phi) is 3.82. The number of nitrogens with one attached hydrogen (secondary N) is 1. The Bertz CT molecular complexity index is 495. The summed E-state index contributed by atoms with van der Waals surface area (Å²) < 4.78 is 9.76. The Morgan fingerprint density at radius 2 is 2.26 bits per heavy atom. The van der Waals surface area contributed by atoms with Crippen LogP contribution in [0.4, 0.5) is 5.69 Å². The average molecular weight is 264 g/mol. The van der Waals surface area contributed by atoms with Crippen molar-refractivity contribution < 1.29 is 19.1 Å². The van der Waals surface area contributed by atoms with Crippen molar-refractivity contribution in [1.82, 2.24) is 0 Å². The Hall–Kier alpha value is -1.92. The first-order chi connectivity index (χ1) is 9.05. The minimum Gasteiger partial charge on any atom is -0.465 e. The number of nitrogens with two attached hydrogens (primary N) is 1. The molecule has 1 aliphatic heterocycles. The molecule has 1 aromatic rings. The molecule has 102 valence electrons. The SMILES string of the molecule is COC(=O)c1cccc(NC(=O)C2(N)CCOC2)c1. The molecule has 3 N–H and O–H groups in total. The van der Waals surface area contributed by atoms with E-state index in [4.69, 9.17) is 10.5 Å². The molecular formula is C13H16N2O4. The van der Waals surface area contributed by atoms with Crippen LogP contribution in [-0.4, -0.2) is 37.7 Å². The van der Waals surface area contributed by atoms with Crippen LogP contribution >= 0.6 is 0 Å². The summed E-state index contributed by atoms with van der Waals surface area (Å²) >= 11 is 0. The van der Waals surface area contributed by atoms with Crippen LogP contribution in [0.25, 0.3) is 0 Å². The third-order valence-electron chi connectivity index (χ3n) is 3.05. The van der Waals surface area contributed by atoms with E-state index in [1.54, 1.807) is 24.3 Å². The second-order valence-electron chi connectivity index (χ2n) is 4.49. The van der Waals surface area contributed by atoms with Gasteiger partial charge in [-0.25, -0.2) is 4.79 Å². The van der Waals surface area contributed by atoms with Crippen molar-refractivity contribution in [3.63, 3.8) is 0 Å². The fourth-order valence-corrected chi connectivity index (χ4v) is 1.86. The van der Waals surface area contributed by atoms with Crippen LogP contribution in [0.5, 0.6) is 0 Å². The molecule has 1 saturated heterocycles. The molecule has 1 unspecified atom stereocenters. The van der Waals surface area contributed by atoms with E-state index >= 15 is 0 Å². The van der Waals surface area contributed by atoms with Crippen LogP contribution in [-0.2, 0) is 14.3 Å². The molecule has 1 heterocycles. The van der Waals surface area contributed by atoms with Gasteiger partial charge in [-0.1, -0.05) is 6.07 Å². The topological polar surface area (TPSA) is 90.7 Å². The van der Waals surface area contributed by atoms with Crippen molar-refractivity contribution in [2.45, 2.75) is 12.0 Å². The van der Waals surface area contributed by atoms with Crippen LogP contribution in [0.2, 0.25) is 0 Å². The molecule has 0 spiro atoms. The predicted molar refractivity (Wildman–Crippen MR) is 68.8 cm³/mol. The zero-order chi connectivity index (χ0) is 13.9. The molecule has 0 saturated carbocycles. The first kappa shape index (κ1) is 13.5. The first-order valence-electron chi connectivity index (χ1n) is 5.92. The van der Waals surface area contributed by atoms with E-state index in [0.717, 1.165) is 0 Å². The van der Waals surface area contributed by atoms with Gasteiger partial charge in [-0.05, 0) is 24.6 Å². The number of ether oxygens (including phenoxy) is 2. The zero-order valence-electron chi connectivity index (χ0n) is 10.6. The third kappa shape index (κ3) is 2.91. The Labute approximate surface area is 110 Å². The van der Waals surface area contributed by atoms with E-state index in [9.17, 15) is 9.59 Å². The van der Waals surface area contributed by atoms with Crippen molar-refractivity contribution in [3.05, 3.63) is 29.8 Å². The number of rotatable bonds is 3. The minimum absolute atomic E-state index is 0.204. The van der Waals surface area contributed by atoms with Crippen molar-refractivity contribution in [2.75, 3.05) is 25.6 Å². The van der Waals surface area contributed by atoms with Crippen LogP contribution in [0.1, 0.15) is 16.8 Å². The van der Waals surface area contributed by atoms with Gasteiger partial charge in [-0.2, -0.15) is 0 Å². The second kappa shape index (κ2) is 5.38. The number of benzene rings is 1. The summed E-state index contributed by atoms with van der Waals surface area (Å²) in [5, 5.41) is 2.69. The smallest absolute Gasteiger partial charge is 0.337 e. The number of hydrogen-bond acceptors (Lipinski definition) is 5. The number of anilines is 1. The van der Waals surface area contributed by atoms with Gasteiger partial charge in [0.25, 0.3) is 0 Å². The summed E-state index contributed by atoms with van der Waals surface area (Å²) in [6.45, 7) is 0.682. The van der Waals surface area contributed by atoms with E-state index in [-0.39, 0.29) is 12.5 Å². The molecule has 1 atom stereocenters. The van der Waals surface area contributed by atoms with Crippen LogP contribution < -0.4 is 11.1 Å². The highest BCUT2D eigenvalue weighted by atomic mass is 16.5. The Morgan fingerprint density at radius 3 is 2.89 bits per heavy atom. The van der Waals surface area contributed by atoms with Crippen molar-refractivity contribution in [3.8, 4) is 0 Å². The number of carbonyl (C=O) groups is 2. The van der Waals surface area contributed by atoms with Gasteiger partial charge in [0.15, 0.2) is 0 Å². The number of methoxy groups -OCH3 is 1. The fourth-order valence-electron chi connectivity index (χ4n) is 1.86. The monoisotopic (exact) mass is 264 g/mol. The lowest BCUT2D eigenvalue weighted by Gasteiger charge is -2.20. The Balaban J connectivity index is 2.11. The number of hydrogen-bond donors (Lipinski definition) is 2. The van der Waals surface area contributed by atoms with E-state index in [1.807, 2.05) is 0 Å². The summed E-state index contributed by atoms with van der Waals surface area (Å²) in [7, 11) is 1.30. The molecule has 6 heteroatoms. The standard InChI is InChI=1S/C13H16N2O4/c1-18-11(16)9-3-2-4-10(7-9)15-12(17)13(14)5-6-19-8-13/h2-4,7H,5-6,8,14H2,1H3,(H,15,17). The summed E-state index contributed by atoms with van der Waals surface area (Å²) in [5.74, 6) is -0.769. The zero-order valence-corrected chi connectivity index (χ0v) is 10.6. The number of esters is 1. The molecule has 1 aliphatic rings. The van der Waals surface area contributed by atoms with Crippen LogP contribution in [0.3, 0.4) is 0 Å². The Morgan fingerprint density at radius 1 is 1.47 bits per heavy atom. The first-order valence-corrected chi connectivity index (χ1v) is 5.92. The van der Waals surface area contributed by atoms with Crippen molar-refractivity contribution >= 4 is 17.6 Å². The van der Waals surface area contributed by atoms with Gasteiger partial charge in [0, 0.05) is 12.3 Å². The van der Waals surface area contributed by atoms with Gasteiger partial charge < -0.3 is 20.5 Å². The predicted octanol–water partition coefficient (Wildman–Crippen LogP) is 0.529. The summed E-state index contributed by atoms with van der Waals surface area (Å²) in [6, 6.07) is 6.50.